The summed E-state index contributed by atoms with van der Waals surface area (Å²) < 4.78 is 0. The van der Waals surface area contributed by atoms with Crippen molar-refractivity contribution in [1.82, 2.24) is 4.90 Å². The minimum absolute atomic E-state index is 0.0246. The molecule has 0 unspecified atom stereocenters. The Morgan fingerprint density at radius 2 is 2.05 bits per heavy atom. The average Bonchev–Trinajstić information content (AvgIpc) is 3.17. The second-order valence-corrected chi connectivity index (χ2v) is 8.08. The molecule has 0 N–H and O–H groups in total. The second kappa shape index (κ2) is 6.88. The maximum atomic E-state index is 13.1. The van der Waals surface area contributed by atoms with Crippen LogP contribution in [-0.4, -0.2) is 23.1 Å². The van der Waals surface area contributed by atoms with Gasteiger partial charge in [-0.15, -0.1) is 23.1 Å². The number of benzene rings is 1. The van der Waals surface area contributed by atoms with Gasteiger partial charge in [0.1, 0.15) is 5.37 Å². The van der Waals surface area contributed by atoms with Crippen LogP contribution in [0.2, 0.25) is 0 Å². The van der Waals surface area contributed by atoms with Crippen LogP contribution in [-0.2, 0) is 4.79 Å². The Bertz CT molecular complexity index is 638. The van der Waals surface area contributed by atoms with Gasteiger partial charge in [0.15, 0.2) is 0 Å². The first-order chi connectivity index (χ1) is 10.7. The molecule has 22 heavy (non-hydrogen) atoms. The molecule has 0 radical (unpaired) electrons. The lowest BCUT2D eigenvalue weighted by Crippen LogP contribution is -2.34. The number of thiophene rings is 1. The molecule has 1 aromatic heterocycles. The van der Waals surface area contributed by atoms with Crippen molar-refractivity contribution in [3.8, 4) is 0 Å². The molecule has 1 aromatic carbocycles. The number of rotatable bonds is 4. The van der Waals surface area contributed by atoms with E-state index in [9.17, 15) is 4.79 Å². The molecular formula is C18H21NOS2. The van der Waals surface area contributed by atoms with E-state index < -0.39 is 0 Å². The molecule has 0 bridgehead atoms. The number of hydrogen-bond acceptors (Lipinski definition) is 3. The Balaban J connectivity index is 1.83. The number of thioether (sulfide) groups is 1. The summed E-state index contributed by atoms with van der Waals surface area (Å²) in [5.41, 5.74) is 1.13. The van der Waals surface area contributed by atoms with Crippen molar-refractivity contribution < 1.29 is 4.79 Å². The highest BCUT2D eigenvalue weighted by molar-refractivity contribution is 7.99. The van der Waals surface area contributed by atoms with Crippen LogP contribution >= 0.6 is 23.1 Å². The predicted molar refractivity (Wildman–Crippen MR) is 95.4 cm³/mol. The lowest BCUT2D eigenvalue weighted by Gasteiger charge is -2.27. The molecule has 4 heteroatoms. The molecule has 2 heterocycles. The summed E-state index contributed by atoms with van der Waals surface area (Å²) in [6.07, 6.45) is 0.847. The van der Waals surface area contributed by atoms with Gasteiger partial charge in [0.2, 0.25) is 5.91 Å². The van der Waals surface area contributed by atoms with Crippen molar-refractivity contribution in [1.29, 1.82) is 0 Å². The average molecular weight is 332 g/mol. The van der Waals surface area contributed by atoms with Gasteiger partial charge in [0, 0.05) is 22.1 Å². The number of amides is 1. The first-order valence-corrected chi connectivity index (χ1v) is 9.60. The molecule has 0 saturated carbocycles. The summed E-state index contributed by atoms with van der Waals surface area (Å²) >= 11 is 3.69. The molecule has 1 amide bonds. The molecule has 2 nitrogen and oxygen atoms in total. The summed E-state index contributed by atoms with van der Waals surface area (Å²) in [5.74, 6) is 1.27. The van der Waals surface area contributed by atoms with E-state index in [0.717, 1.165) is 24.3 Å². The van der Waals surface area contributed by atoms with E-state index in [0.29, 0.717) is 0 Å². The maximum absolute atomic E-state index is 13.1. The minimum Gasteiger partial charge on any atom is -0.324 e. The molecule has 3 rings (SSSR count). The fraction of sp³-hybridized carbons (Fsp3) is 0.389. The third-order valence-corrected chi connectivity index (χ3v) is 6.53. The zero-order valence-electron chi connectivity index (χ0n) is 13.0. The topological polar surface area (TPSA) is 20.3 Å². The summed E-state index contributed by atoms with van der Waals surface area (Å²) in [7, 11) is 0. The van der Waals surface area contributed by atoms with E-state index in [-0.39, 0.29) is 17.2 Å². The van der Waals surface area contributed by atoms with Crippen molar-refractivity contribution >= 4 is 29.0 Å². The minimum atomic E-state index is -0.0246. The highest BCUT2D eigenvalue weighted by Crippen LogP contribution is 2.42. The van der Waals surface area contributed by atoms with Crippen LogP contribution in [0, 0.1) is 6.92 Å². The molecule has 1 aliphatic rings. The van der Waals surface area contributed by atoms with Crippen LogP contribution in [0.1, 0.15) is 40.0 Å². The largest absolute Gasteiger partial charge is 0.324 e. The van der Waals surface area contributed by atoms with Gasteiger partial charge in [-0.1, -0.05) is 37.3 Å². The van der Waals surface area contributed by atoms with Crippen LogP contribution in [0.25, 0.3) is 0 Å². The van der Waals surface area contributed by atoms with Crippen LogP contribution < -0.4 is 0 Å². The standard InChI is InChI=1S/C18H21NOS2/c1-3-15(14-7-5-4-6-8-14)17(20)19-11-12-21-18(19)16-10-9-13(2)22-16/h4-10,15,18H,3,11-12H2,1-2H3/t15-,18-/m1/s1. The van der Waals surface area contributed by atoms with Crippen LogP contribution in [0.4, 0.5) is 0 Å². The lowest BCUT2D eigenvalue weighted by molar-refractivity contribution is -0.133. The number of aryl methyl sites for hydroxylation is 1. The Kier molecular flexibility index (Phi) is 4.89. The van der Waals surface area contributed by atoms with Crippen molar-refractivity contribution in [2.24, 2.45) is 0 Å². The molecule has 2 atom stereocenters. The normalized spacial score (nSPS) is 19.4. The summed E-state index contributed by atoms with van der Waals surface area (Å²) in [4.78, 5) is 17.8. The molecular weight excluding hydrogens is 310 g/mol. The Hall–Kier alpha value is -1.26. The molecule has 1 saturated heterocycles. The number of hydrogen-bond donors (Lipinski definition) is 0. The van der Waals surface area contributed by atoms with Gasteiger partial charge in [-0.3, -0.25) is 4.79 Å². The van der Waals surface area contributed by atoms with E-state index >= 15 is 0 Å². The van der Waals surface area contributed by atoms with Crippen molar-refractivity contribution in [3.05, 3.63) is 57.8 Å². The third-order valence-electron chi connectivity index (χ3n) is 4.09. The van der Waals surface area contributed by atoms with Crippen LogP contribution in [0.15, 0.2) is 42.5 Å². The molecule has 0 aliphatic carbocycles. The van der Waals surface area contributed by atoms with Gasteiger partial charge in [0.25, 0.3) is 0 Å². The fourth-order valence-corrected chi connectivity index (χ4v) is 5.33. The number of nitrogens with zero attached hydrogens (tertiary/aromatic N) is 1. The predicted octanol–water partition coefficient (Wildman–Crippen LogP) is 4.82. The molecule has 116 valence electrons. The summed E-state index contributed by atoms with van der Waals surface area (Å²) in [6, 6.07) is 14.5. The Morgan fingerprint density at radius 1 is 1.27 bits per heavy atom. The molecule has 0 spiro atoms. The number of carbonyl (C=O) groups is 1. The van der Waals surface area contributed by atoms with Crippen molar-refractivity contribution in [3.63, 3.8) is 0 Å². The van der Waals surface area contributed by atoms with Gasteiger partial charge in [-0.2, -0.15) is 0 Å². The van der Waals surface area contributed by atoms with Crippen molar-refractivity contribution in [2.75, 3.05) is 12.3 Å². The van der Waals surface area contributed by atoms with Gasteiger partial charge in [0.05, 0.1) is 5.92 Å². The SMILES string of the molecule is CC[C@@H](C(=O)N1CCS[C@@H]1c1ccc(C)s1)c1ccccc1. The highest BCUT2D eigenvalue weighted by atomic mass is 32.2. The maximum Gasteiger partial charge on any atom is 0.231 e. The quantitative estimate of drug-likeness (QED) is 0.800. The van der Waals surface area contributed by atoms with Crippen molar-refractivity contribution in [2.45, 2.75) is 31.6 Å². The van der Waals surface area contributed by atoms with Crippen LogP contribution in [0.5, 0.6) is 0 Å². The zero-order chi connectivity index (χ0) is 15.5. The molecule has 2 aromatic rings. The van der Waals surface area contributed by atoms with Crippen LogP contribution in [0.3, 0.4) is 0 Å². The number of carbonyl (C=O) groups excluding carboxylic acids is 1. The first-order valence-electron chi connectivity index (χ1n) is 7.74. The lowest BCUT2D eigenvalue weighted by atomic mass is 9.95. The molecule has 1 aliphatic heterocycles. The first kappa shape index (κ1) is 15.6. The third kappa shape index (κ3) is 3.08. The zero-order valence-corrected chi connectivity index (χ0v) is 14.6. The van der Waals surface area contributed by atoms with E-state index in [1.54, 1.807) is 11.3 Å². The second-order valence-electron chi connectivity index (χ2n) is 5.57. The Morgan fingerprint density at radius 3 is 2.68 bits per heavy atom. The highest BCUT2D eigenvalue weighted by Gasteiger charge is 2.35. The summed E-state index contributed by atoms with van der Waals surface area (Å²) in [6.45, 7) is 5.08. The van der Waals surface area contributed by atoms with E-state index in [4.69, 9.17) is 0 Å². The monoisotopic (exact) mass is 331 g/mol. The van der Waals surface area contributed by atoms with Gasteiger partial charge >= 0.3 is 0 Å². The molecule has 1 fully saturated rings. The van der Waals surface area contributed by atoms with E-state index in [1.807, 2.05) is 30.0 Å². The fourth-order valence-electron chi connectivity index (χ4n) is 2.96. The Labute approximate surface area is 140 Å². The van der Waals surface area contributed by atoms with E-state index in [1.165, 1.54) is 9.75 Å². The van der Waals surface area contributed by atoms with Gasteiger partial charge < -0.3 is 4.90 Å². The smallest absolute Gasteiger partial charge is 0.231 e. The van der Waals surface area contributed by atoms with Gasteiger partial charge in [-0.05, 0) is 31.0 Å². The van der Waals surface area contributed by atoms with Gasteiger partial charge in [-0.25, -0.2) is 0 Å². The van der Waals surface area contributed by atoms with E-state index in [2.05, 4.69) is 43.0 Å². The summed E-state index contributed by atoms with van der Waals surface area (Å²) in [5, 5.41) is 0.198.